The molecule has 1 saturated heterocycles. The number of nitrogens with two attached hydrogens (primary N) is 1. The highest BCUT2D eigenvalue weighted by molar-refractivity contribution is 5.68. The van der Waals surface area contributed by atoms with Crippen molar-refractivity contribution in [3.8, 4) is 0 Å². The Morgan fingerprint density at radius 3 is 2.33 bits per heavy atom. The van der Waals surface area contributed by atoms with Gasteiger partial charge in [0.1, 0.15) is 12.7 Å². The highest BCUT2D eigenvalue weighted by Crippen LogP contribution is 2.33. The van der Waals surface area contributed by atoms with Gasteiger partial charge in [-0.05, 0) is 0 Å². The summed E-state index contributed by atoms with van der Waals surface area (Å²) in [6.45, 7) is 2.99. The van der Waals surface area contributed by atoms with E-state index in [1.807, 2.05) is 0 Å². The molecule has 1 fully saturated rings. The standard InChI is InChI=1S/C15H18FN3O8/c1-6(20)24-5-10-11(25-7(2)21)12(26-8(3)22)14(27-10)19-4-9(16)13(17)18-15(19)23/h4,10-12,14H,5H2,1-3H3,(H2,17,18,23)/t10-,11+,12-,14-/m1/s1. The van der Waals surface area contributed by atoms with Gasteiger partial charge < -0.3 is 24.7 Å². The summed E-state index contributed by atoms with van der Waals surface area (Å²) in [5, 5.41) is 0. The van der Waals surface area contributed by atoms with Crippen LogP contribution in [-0.2, 0) is 33.3 Å². The first-order valence-electron chi connectivity index (χ1n) is 7.77. The number of anilines is 1. The molecule has 4 atom stereocenters. The monoisotopic (exact) mass is 387 g/mol. The number of esters is 3. The molecule has 1 aliphatic rings. The molecule has 1 aliphatic heterocycles. The molecule has 0 amide bonds. The van der Waals surface area contributed by atoms with Crippen molar-refractivity contribution in [3.63, 3.8) is 0 Å². The number of rotatable bonds is 5. The highest BCUT2D eigenvalue weighted by Gasteiger charge is 2.51. The number of nitrogens with zero attached hydrogens (tertiary/aromatic N) is 2. The Labute approximate surface area is 152 Å². The average Bonchev–Trinajstić information content (AvgIpc) is 2.85. The van der Waals surface area contributed by atoms with Crippen LogP contribution in [0.5, 0.6) is 0 Å². The van der Waals surface area contributed by atoms with Gasteiger partial charge in [-0.25, -0.2) is 9.18 Å². The Morgan fingerprint density at radius 2 is 1.78 bits per heavy atom. The molecule has 11 nitrogen and oxygen atoms in total. The van der Waals surface area contributed by atoms with Crippen molar-refractivity contribution in [2.45, 2.75) is 45.3 Å². The molecule has 2 N–H and O–H groups in total. The van der Waals surface area contributed by atoms with Gasteiger partial charge in [-0.2, -0.15) is 4.98 Å². The molecule has 0 spiro atoms. The molecular formula is C15H18FN3O8. The number of carbonyl (C=O) groups is 3. The van der Waals surface area contributed by atoms with Gasteiger partial charge in [-0.1, -0.05) is 0 Å². The zero-order valence-corrected chi connectivity index (χ0v) is 14.7. The van der Waals surface area contributed by atoms with Gasteiger partial charge in [0.25, 0.3) is 0 Å². The molecule has 0 unspecified atom stereocenters. The van der Waals surface area contributed by atoms with E-state index in [0.29, 0.717) is 4.57 Å². The van der Waals surface area contributed by atoms with Crippen LogP contribution in [0.1, 0.15) is 27.0 Å². The predicted octanol–water partition coefficient (Wildman–Crippen LogP) is -0.711. The second kappa shape index (κ2) is 8.12. The van der Waals surface area contributed by atoms with Crippen LogP contribution in [0.4, 0.5) is 10.2 Å². The van der Waals surface area contributed by atoms with Crippen molar-refractivity contribution < 1.29 is 37.7 Å². The summed E-state index contributed by atoms with van der Waals surface area (Å²) < 4.78 is 35.2. The second-order valence-electron chi connectivity index (χ2n) is 5.68. The van der Waals surface area contributed by atoms with Crippen LogP contribution >= 0.6 is 0 Å². The van der Waals surface area contributed by atoms with E-state index in [-0.39, 0.29) is 6.61 Å². The summed E-state index contributed by atoms with van der Waals surface area (Å²) >= 11 is 0. The van der Waals surface area contributed by atoms with Crippen LogP contribution < -0.4 is 11.4 Å². The van der Waals surface area contributed by atoms with Crippen LogP contribution in [0.2, 0.25) is 0 Å². The van der Waals surface area contributed by atoms with Crippen molar-refractivity contribution in [3.05, 3.63) is 22.5 Å². The lowest BCUT2D eigenvalue weighted by Crippen LogP contribution is -2.42. The van der Waals surface area contributed by atoms with Crippen LogP contribution in [-0.4, -0.2) is 52.4 Å². The smallest absolute Gasteiger partial charge is 0.351 e. The summed E-state index contributed by atoms with van der Waals surface area (Å²) in [6, 6.07) is 0. The molecule has 12 heteroatoms. The fourth-order valence-corrected chi connectivity index (χ4v) is 2.56. The minimum atomic E-state index is -1.39. The molecule has 2 rings (SSSR count). The normalized spacial score (nSPS) is 24.3. The van der Waals surface area contributed by atoms with Gasteiger partial charge in [0.2, 0.25) is 0 Å². The molecule has 0 radical (unpaired) electrons. The Kier molecular flexibility index (Phi) is 6.10. The summed E-state index contributed by atoms with van der Waals surface area (Å²) in [4.78, 5) is 49.4. The van der Waals surface area contributed by atoms with E-state index in [2.05, 4.69) is 4.98 Å². The van der Waals surface area contributed by atoms with Gasteiger partial charge in [-0.3, -0.25) is 19.0 Å². The van der Waals surface area contributed by atoms with Crippen LogP contribution in [0.15, 0.2) is 11.0 Å². The molecule has 1 aromatic rings. The number of hydrogen-bond acceptors (Lipinski definition) is 10. The first-order valence-corrected chi connectivity index (χ1v) is 7.77. The number of halogens is 1. The van der Waals surface area contributed by atoms with Crippen molar-refractivity contribution in [2.24, 2.45) is 0 Å². The van der Waals surface area contributed by atoms with Gasteiger partial charge in [0.05, 0.1) is 6.20 Å². The summed E-state index contributed by atoms with van der Waals surface area (Å²) in [7, 11) is 0. The molecule has 0 bridgehead atoms. The quantitative estimate of drug-likeness (QED) is 0.507. The topological polar surface area (TPSA) is 149 Å². The molecule has 0 saturated carbocycles. The third-order valence-corrected chi connectivity index (χ3v) is 3.55. The third kappa shape index (κ3) is 4.78. The molecule has 0 aromatic carbocycles. The average molecular weight is 387 g/mol. The van der Waals surface area contributed by atoms with Gasteiger partial charge in [0, 0.05) is 20.8 Å². The minimum Gasteiger partial charge on any atom is -0.463 e. The largest absolute Gasteiger partial charge is 0.463 e. The lowest BCUT2D eigenvalue weighted by Gasteiger charge is -2.23. The molecule has 2 heterocycles. The molecule has 0 aliphatic carbocycles. The van der Waals surface area contributed by atoms with Crippen LogP contribution in [0, 0.1) is 5.82 Å². The van der Waals surface area contributed by atoms with Crippen molar-refractivity contribution in [2.75, 3.05) is 12.3 Å². The van der Waals surface area contributed by atoms with Gasteiger partial charge >= 0.3 is 23.6 Å². The molecular weight excluding hydrogens is 369 g/mol. The van der Waals surface area contributed by atoms with Crippen molar-refractivity contribution in [1.29, 1.82) is 0 Å². The Morgan fingerprint density at radius 1 is 1.19 bits per heavy atom. The Bertz CT molecular complexity index is 811. The summed E-state index contributed by atoms with van der Waals surface area (Å²) in [5.41, 5.74) is 4.27. The van der Waals surface area contributed by atoms with Crippen molar-refractivity contribution in [1.82, 2.24) is 9.55 Å². The minimum absolute atomic E-state index is 0.360. The first kappa shape index (κ1) is 20.3. The fraction of sp³-hybridized carbons (Fsp3) is 0.533. The Hall–Kier alpha value is -3.02. The van der Waals surface area contributed by atoms with E-state index in [9.17, 15) is 23.6 Å². The van der Waals surface area contributed by atoms with Crippen LogP contribution in [0.25, 0.3) is 0 Å². The predicted molar refractivity (Wildman–Crippen MR) is 84.5 cm³/mol. The maximum Gasteiger partial charge on any atom is 0.351 e. The second-order valence-corrected chi connectivity index (χ2v) is 5.68. The number of ether oxygens (including phenoxy) is 4. The number of aromatic nitrogens is 2. The lowest BCUT2D eigenvalue weighted by atomic mass is 10.1. The van der Waals surface area contributed by atoms with E-state index >= 15 is 0 Å². The molecule has 27 heavy (non-hydrogen) atoms. The summed E-state index contributed by atoms with van der Waals surface area (Å²) in [6.07, 6.45) is -4.29. The third-order valence-electron chi connectivity index (χ3n) is 3.55. The summed E-state index contributed by atoms with van der Waals surface area (Å²) in [5.74, 6) is -3.76. The van der Waals surface area contributed by atoms with Gasteiger partial charge in [-0.15, -0.1) is 0 Å². The lowest BCUT2D eigenvalue weighted by molar-refractivity contribution is -0.166. The number of carbonyl (C=O) groups excluding carboxylic acids is 3. The van der Waals surface area contributed by atoms with E-state index in [4.69, 9.17) is 24.7 Å². The molecule has 1 aromatic heterocycles. The van der Waals surface area contributed by atoms with Crippen molar-refractivity contribution >= 4 is 23.7 Å². The first-order chi connectivity index (χ1) is 12.6. The maximum absolute atomic E-state index is 13.8. The zero-order valence-electron chi connectivity index (χ0n) is 14.7. The number of nitrogen functional groups attached to an aromatic ring is 1. The fourth-order valence-electron chi connectivity index (χ4n) is 2.56. The van der Waals surface area contributed by atoms with E-state index in [1.165, 1.54) is 0 Å². The highest BCUT2D eigenvalue weighted by atomic mass is 19.1. The number of hydrogen-bond donors (Lipinski definition) is 1. The van der Waals surface area contributed by atoms with Gasteiger partial charge in [0.15, 0.2) is 30.1 Å². The van der Waals surface area contributed by atoms with E-state index < -0.39 is 59.8 Å². The van der Waals surface area contributed by atoms with Crippen LogP contribution in [0.3, 0.4) is 0 Å². The Balaban J connectivity index is 2.45. The SMILES string of the molecule is CC(=O)OC[C@H]1O[C@@H](n2cc(F)c(N)nc2=O)[C@H](OC(C)=O)[C@H]1OC(C)=O. The zero-order chi connectivity index (χ0) is 20.3. The maximum atomic E-state index is 13.8. The van der Waals surface area contributed by atoms with E-state index in [1.54, 1.807) is 0 Å². The molecule has 148 valence electrons. The van der Waals surface area contributed by atoms with E-state index in [0.717, 1.165) is 27.0 Å².